The zero-order valence-corrected chi connectivity index (χ0v) is 14.3. The molecule has 3 atom stereocenters. The molecule has 1 heterocycles. The fourth-order valence-electron chi connectivity index (χ4n) is 2.74. The van der Waals surface area contributed by atoms with Gasteiger partial charge in [-0.15, -0.1) is 0 Å². The fraction of sp³-hybridized carbons (Fsp3) is 0.667. The third-order valence-electron chi connectivity index (χ3n) is 4.12. The van der Waals surface area contributed by atoms with Gasteiger partial charge in [0.2, 0.25) is 5.91 Å². The number of nitrogens with zero attached hydrogens (tertiary/aromatic N) is 1. The van der Waals surface area contributed by atoms with Gasteiger partial charge in [0.15, 0.2) is 16.6 Å². The number of nitriles is 1. The number of carbonyl (C=O) groups excluding carboxylic acids is 3. The number of ketones is 1. The number of thiocarbonyl (C=S) groups is 1. The molecule has 7 nitrogen and oxygen atoms in total. The van der Waals surface area contributed by atoms with Crippen molar-refractivity contribution in [3.05, 3.63) is 0 Å². The van der Waals surface area contributed by atoms with E-state index in [1.54, 1.807) is 6.07 Å². The van der Waals surface area contributed by atoms with Crippen molar-refractivity contribution in [3.8, 4) is 6.07 Å². The molecular weight excluding hydrogens is 318 g/mol. The van der Waals surface area contributed by atoms with Crippen molar-refractivity contribution >= 4 is 35.0 Å². The van der Waals surface area contributed by atoms with Crippen molar-refractivity contribution in [2.45, 2.75) is 45.1 Å². The molecule has 0 spiro atoms. The van der Waals surface area contributed by atoms with E-state index in [4.69, 9.17) is 17.0 Å². The predicted octanol–water partition coefficient (Wildman–Crippen LogP) is 0.828. The zero-order chi connectivity index (χ0) is 17.6. The van der Waals surface area contributed by atoms with Crippen LogP contribution in [0.3, 0.4) is 0 Å². The molecule has 126 valence electrons. The number of unbranched alkanes of at least 4 members (excludes halogenated alkanes) is 2. The van der Waals surface area contributed by atoms with E-state index in [9.17, 15) is 19.6 Å². The quantitative estimate of drug-likeness (QED) is 0.402. The van der Waals surface area contributed by atoms with Gasteiger partial charge in [0, 0.05) is 6.42 Å². The maximum absolute atomic E-state index is 12.5. The molecule has 0 bridgehead atoms. The highest BCUT2D eigenvalue weighted by molar-refractivity contribution is 7.80. The Kier molecular flexibility index (Phi) is 6.63. The monoisotopic (exact) mass is 339 g/mol. The molecule has 1 aliphatic heterocycles. The van der Waals surface area contributed by atoms with Crippen LogP contribution >= 0.6 is 12.2 Å². The van der Waals surface area contributed by atoms with E-state index < -0.39 is 29.3 Å². The van der Waals surface area contributed by atoms with E-state index >= 15 is 0 Å². The topological polar surface area (TPSA) is 108 Å². The number of nitrogens with one attached hydrogen (secondary N) is 2. The Hall–Kier alpha value is -2.01. The van der Waals surface area contributed by atoms with E-state index in [2.05, 4.69) is 10.6 Å². The minimum atomic E-state index is -1.80. The second-order valence-electron chi connectivity index (χ2n) is 5.51. The largest absolute Gasteiger partial charge is 0.467 e. The van der Waals surface area contributed by atoms with Gasteiger partial charge in [-0.25, -0.2) is 4.79 Å². The van der Waals surface area contributed by atoms with Crippen LogP contribution in [0.2, 0.25) is 0 Å². The van der Waals surface area contributed by atoms with Crippen molar-refractivity contribution in [2.24, 2.45) is 11.8 Å². The summed E-state index contributed by atoms with van der Waals surface area (Å²) in [5.41, 5.74) is -1.80. The number of methoxy groups -OCH3 is 1. The Morgan fingerprint density at radius 1 is 1.48 bits per heavy atom. The highest BCUT2D eigenvalue weighted by Crippen LogP contribution is 2.32. The summed E-state index contributed by atoms with van der Waals surface area (Å²) in [4.78, 5) is 37.0. The fourth-order valence-corrected chi connectivity index (χ4v) is 3.00. The molecule has 0 radical (unpaired) electrons. The lowest BCUT2D eigenvalue weighted by molar-refractivity contribution is -0.158. The number of amides is 1. The van der Waals surface area contributed by atoms with Crippen LogP contribution in [0.4, 0.5) is 0 Å². The number of esters is 1. The Bertz CT molecular complexity index is 557. The number of hydrogen-bond donors (Lipinski definition) is 2. The summed E-state index contributed by atoms with van der Waals surface area (Å²) >= 11 is 4.94. The molecule has 1 aliphatic rings. The highest BCUT2D eigenvalue weighted by Gasteiger charge is 2.59. The zero-order valence-electron chi connectivity index (χ0n) is 13.5. The molecule has 1 rings (SSSR count). The Labute approximate surface area is 140 Å². The highest BCUT2D eigenvalue weighted by atomic mass is 32.1. The minimum Gasteiger partial charge on any atom is -0.467 e. The lowest BCUT2D eigenvalue weighted by Crippen LogP contribution is -2.73. The Balaban J connectivity index is 3.22. The molecule has 0 aromatic carbocycles. The average molecular weight is 339 g/mol. The van der Waals surface area contributed by atoms with Crippen LogP contribution in [-0.4, -0.2) is 35.4 Å². The van der Waals surface area contributed by atoms with Crippen LogP contribution in [-0.2, 0) is 19.1 Å². The molecule has 0 unspecified atom stereocenters. The summed E-state index contributed by atoms with van der Waals surface area (Å²) < 4.78 is 4.77. The Morgan fingerprint density at radius 2 is 2.13 bits per heavy atom. The summed E-state index contributed by atoms with van der Waals surface area (Å²) in [6.45, 7) is 3.53. The van der Waals surface area contributed by atoms with Crippen molar-refractivity contribution in [1.29, 1.82) is 5.26 Å². The van der Waals surface area contributed by atoms with Gasteiger partial charge >= 0.3 is 5.97 Å². The smallest absolute Gasteiger partial charge is 0.334 e. The number of carbonyl (C=O) groups is 3. The molecule has 1 fully saturated rings. The van der Waals surface area contributed by atoms with E-state index in [-0.39, 0.29) is 17.3 Å². The predicted molar refractivity (Wildman–Crippen MR) is 86.0 cm³/mol. The summed E-state index contributed by atoms with van der Waals surface area (Å²) in [5, 5.41) is 14.2. The molecule has 0 aromatic rings. The number of hydrogen-bond acceptors (Lipinski definition) is 6. The van der Waals surface area contributed by atoms with Crippen molar-refractivity contribution in [3.63, 3.8) is 0 Å². The second-order valence-corrected chi connectivity index (χ2v) is 5.92. The lowest BCUT2D eigenvalue weighted by atomic mass is 9.71. The normalized spacial score (nSPS) is 24.9. The van der Waals surface area contributed by atoms with E-state index in [1.165, 1.54) is 6.92 Å². The molecule has 1 saturated heterocycles. The number of ether oxygens (including phenoxy) is 1. The Morgan fingerprint density at radius 3 is 2.65 bits per heavy atom. The van der Waals surface area contributed by atoms with Crippen molar-refractivity contribution < 1.29 is 19.1 Å². The molecule has 0 aromatic heterocycles. The molecule has 0 aliphatic carbocycles. The van der Waals surface area contributed by atoms with Crippen molar-refractivity contribution in [2.75, 3.05) is 7.11 Å². The van der Waals surface area contributed by atoms with Crippen LogP contribution < -0.4 is 10.6 Å². The molecule has 8 heteroatoms. The first-order chi connectivity index (χ1) is 10.8. The van der Waals surface area contributed by atoms with Crippen LogP contribution in [0.25, 0.3) is 0 Å². The van der Waals surface area contributed by atoms with Gasteiger partial charge in [-0.05, 0) is 18.6 Å². The first-order valence-electron chi connectivity index (χ1n) is 7.48. The number of rotatable bonds is 7. The lowest BCUT2D eigenvalue weighted by Gasteiger charge is -2.42. The molecule has 1 amide bonds. The van der Waals surface area contributed by atoms with Crippen molar-refractivity contribution in [1.82, 2.24) is 10.6 Å². The van der Waals surface area contributed by atoms with Gasteiger partial charge in [-0.3, -0.25) is 9.59 Å². The average Bonchev–Trinajstić information content (AvgIpc) is 2.52. The van der Waals surface area contributed by atoms with Crippen LogP contribution in [0.5, 0.6) is 0 Å². The van der Waals surface area contributed by atoms with Crippen LogP contribution in [0.15, 0.2) is 0 Å². The maximum Gasteiger partial charge on any atom is 0.334 e. The maximum atomic E-state index is 12.5. The summed E-state index contributed by atoms with van der Waals surface area (Å²) in [6, 6.07) is 1.80. The summed E-state index contributed by atoms with van der Waals surface area (Å²) in [5.74, 6) is -4.12. The minimum absolute atomic E-state index is 0.0971. The summed E-state index contributed by atoms with van der Waals surface area (Å²) in [6.07, 6.45) is 2.79. The van der Waals surface area contributed by atoms with Crippen LogP contribution in [0, 0.1) is 23.2 Å². The van der Waals surface area contributed by atoms with Gasteiger partial charge in [0.05, 0.1) is 19.1 Å². The third kappa shape index (κ3) is 3.67. The van der Waals surface area contributed by atoms with Gasteiger partial charge < -0.3 is 15.4 Å². The number of Topliss-reactive ketones (excluding diaryl/α,β-unsaturated/α-hetero) is 1. The molecule has 2 N–H and O–H groups in total. The van der Waals surface area contributed by atoms with Gasteiger partial charge in [-0.2, -0.15) is 5.26 Å². The third-order valence-corrected chi connectivity index (χ3v) is 4.32. The first kappa shape index (κ1) is 19.0. The van der Waals surface area contributed by atoms with Gasteiger partial charge in [0.1, 0.15) is 5.78 Å². The van der Waals surface area contributed by atoms with Gasteiger partial charge in [-0.1, -0.05) is 26.7 Å². The molecular formula is C15H21N3O4S. The van der Waals surface area contributed by atoms with E-state index in [0.29, 0.717) is 6.42 Å². The SMILES string of the molecule is CCCCCC(=O)[C@H](C)[C@@]1(C(=O)OC)NC(=S)NC(=O)[C@H]1C#N. The van der Waals surface area contributed by atoms with Crippen LogP contribution in [0.1, 0.15) is 39.5 Å². The standard InChI is InChI=1S/C15H21N3O4S/c1-4-5-6-7-11(19)9(2)15(13(21)22-3)10(8-16)12(20)17-14(23)18-15/h9-10H,4-7H2,1-3H3,(H2,17,18,20,23)/t9-,10+,15+/m0/s1. The van der Waals surface area contributed by atoms with Gasteiger partial charge in [0.25, 0.3) is 0 Å². The molecule has 0 saturated carbocycles. The second kappa shape index (κ2) is 8.02. The molecule has 23 heavy (non-hydrogen) atoms. The van der Waals surface area contributed by atoms with E-state index in [1.807, 2.05) is 6.92 Å². The first-order valence-corrected chi connectivity index (χ1v) is 7.89. The van der Waals surface area contributed by atoms with E-state index in [0.717, 1.165) is 20.0 Å². The summed E-state index contributed by atoms with van der Waals surface area (Å²) in [7, 11) is 1.14.